The molecule has 86 valence electrons. The number of aromatic nitrogens is 2. The van der Waals surface area contributed by atoms with E-state index < -0.39 is 15.1 Å². The van der Waals surface area contributed by atoms with Crippen LogP contribution >= 0.6 is 0 Å². The number of rotatable bonds is 5. The third-order valence-corrected chi connectivity index (χ3v) is 3.47. The monoisotopic (exact) mass is 233 g/mol. The van der Waals surface area contributed by atoms with Crippen LogP contribution in [-0.2, 0) is 9.84 Å². The molecular formula is C8H15N3O3S. The first-order valence-corrected chi connectivity index (χ1v) is 6.67. The molecule has 0 aliphatic rings. The summed E-state index contributed by atoms with van der Waals surface area (Å²) < 4.78 is 27.3. The van der Waals surface area contributed by atoms with Gasteiger partial charge in [0.2, 0.25) is 0 Å². The highest BCUT2D eigenvalue weighted by Gasteiger charge is 2.22. The minimum Gasteiger partial charge on any atom is -0.338 e. The fourth-order valence-electron chi connectivity index (χ4n) is 0.895. The van der Waals surface area contributed by atoms with Crippen LogP contribution in [0.5, 0.6) is 0 Å². The number of nitrogens with zero attached hydrogens (tertiary/aromatic N) is 2. The van der Waals surface area contributed by atoms with Crippen LogP contribution in [-0.4, -0.2) is 31.4 Å². The van der Waals surface area contributed by atoms with Gasteiger partial charge in [-0.25, -0.2) is 8.42 Å². The van der Waals surface area contributed by atoms with Crippen molar-refractivity contribution < 1.29 is 12.9 Å². The Morgan fingerprint density at radius 3 is 2.73 bits per heavy atom. The molecule has 0 saturated carbocycles. The van der Waals surface area contributed by atoms with Crippen LogP contribution in [0.1, 0.15) is 31.3 Å². The SMILES string of the molecule is CCCNc1nc(C(C)S(C)(=O)=O)no1. The number of hydrogen-bond acceptors (Lipinski definition) is 6. The van der Waals surface area contributed by atoms with Crippen LogP contribution in [0.4, 0.5) is 6.01 Å². The van der Waals surface area contributed by atoms with Gasteiger partial charge in [-0.15, -0.1) is 0 Å². The van der Waals surface area contributed by atoms with E-state index in [0.717, 1.165) is 19.2 Å². The van der Waals surface area contributed by atoms with Crippen molar-refractivity contribution in [2.24, 2.45) is 0 Å². The van der Waals surface area contributed by atoms with Crippen LogP contribution in [0.2, 0.25) is 0 Å². The van der Waals surface area contributed by atoms with Crippen molar-refractivity contribution in [2.45, 2.75) is 25.5 Å². The molecule has 0 saturated heterocycles. The summed E-state index contributed by atoms with van der Waals surface area (Å²) in [7, 11) is -3.18. The molecule has 6 nitrogen and oxygen atoms in total. The standard InChI is InChI=1S/C8H15N3O3S/c1-4-5-9-8-10-7(11-14-8)6(2)15(3,12)13/h6H,4-5H2,1-3H3,(H,9,10,11). The highest BCUT2D eigenvalue weighted by Crippen LogP contribution is 2.18. The van der Waals surface area contributed by atoms with Gasteiger partial charge in [-0.05, 0) is 13.3 Å². The molecule has 0 spiro atoms. The molecule has 7 heteroatoms. The molecule has 0 aliphatic carbocycles. The third-order valence-electron chi connectivity index (χ3n) is 1.97. The van der Waals surface area contributed by atoms with E-state index in [-0.39, 0.29) is 11.8 Å². The fourth-order valence-corrected chi connectivity index (χ4v) is 1.37. The highest BCUT2D eigenvalue weighted by molar-refractivity contribution is 7.90. The molecule has 1 atom stereocenters. The van der Waals surface area contributed by atoms with E-state index in [1.54, 1.807) is 0 Å². The lowest BCUT2D eigenvalue weighted by Crippen LogP contribution is -2.09. The maximum absolute atomic E-state index is 11.2. The second-order valence-electron chi connectivity index (χ2n) is 3.36. The maximum Gasteiger partial charge on any atom is 0.321 e. The van der Waals surface area contributed by atoms with Gasteiger partial charge in [-0.3, -0.25) is 0 Å². The van der Waals surface area contributed by atoms with Gasteiger partial charge in [0.05, 0.1) is 0 Å². The second kappa shape index (κ2) is 4.61. The first kappa shape index (κ1) is 12.0. The molecule has 0 bridgehead atoms. The van der Waals surface area contributed by atoms with E-state index in [1.165, 1.54) is 6.92 Å². The highest BCUT2D eigenvalue weighted by atomic mass is 32.2. The van der Waals surface area contributed by atoms with Crippen LogP contribution < -0.4 is 5.32 Å². The fraction of sp³-hybridized carbons (Fsp3) is 0.750. The van der Waals surface area contributed by atoms with Gasteiger partial charge >= 0.3 is 6.01 Å². The normalized spacial score (nSPS) is 13.8. The van der Waals surface area contributed by atoms with Gasteiger partial charge in [-0.1, -0.05) is 12.1 Å². The Kier molecular flexibility index (Phi) is 3.67. The van der Waals surface area contributed by atoms with Crippen molar-refractivity contribution in [2.75, 3.05) is 18.1 Å². The van der Waals surface area contributed by atoms with Crippen molar-refractivity contribution in [3.63, 3.8) is 0 Å². The van der Waals surface area contributed by atoms with Crippen molar-refractivity contribution in [1.82, 2.24) is 10.1 Å². The van der Waals surface area contributed by atoms with Gasteiger partial charge in [0.1, 0.15) is 5.25 Å². The number of sulfone groups is 1. The first-order valence-electron chi connectivity index (χ1n) is 4.71. The first-order chi connectivity index (χ1) is 6.95. The predicted octanol–water partition coefficient (Wildman–Crippen LogP) is 0.997. The van der Waals surface area contributed by atoms with E-state index in [0.29, 0.717) is 0 Å². The average Bonchev–Trinajstić information content (AvgIpc) is 2.60. The summed E-state index contributed by atoms with van der Waals surface area (Å²) in [5.74, 6) is 0.191. The Bertz CT molecular complexity index is 413. The quantitative estimate of drug-likeness (QED) is 0.816. The minimum absolute atomic E-state index is 0.191. The lowest BCUT2D eigenvalue weighted by molar-refractivity contribution is 0.421. The van der Waals surface area contributed by atoms with Gasteiger partial charge in [0, 0.05) is 12.8 Å². The molecule has 0 aliphatic heterocycles. The summed E-state index contributed by atoms with van der Waals surface area (Å²) in [5, 5.41) is 5.76. The molecule has 1 unspecified atom stereocenters. The molecule has 1 N–H and O–H groups in total. The summed E-state index contributed by atoms with van der Waals surface area (Å²) in [6, 6.07) is 0.266. The zero-order chi connectivity index (χ0) is 11.5. The van der Waals surface area contributed by atoms with E-state index in [1.807, 2.05) is 6.92 Å². The number of nitrogens with one attached hydrogen (secondary N) is 1. The lowest BCUT2D eigenvalue weighted by atomic mass is 10.4. The summed E-state index contributed by atoms with van der Waals surface area (Å²) >= 11 is 0. The largest absolute Gasteiger partial charge is 0.338 e. The van der Waals surface area contributed by atoms with Crippen molar-refractivity contribution in [1.29, 1.82) is 0 Å². The molecule has 1 rings (SSSR count). The Hall–Kier alpha value is -1.11. The van der Waals surface area contributed by atoms with Gasteiger partial charge in [0.25, 0.3) is 0 Å². The molecule has 1 aromatic heterocycles. The Morgan fingerprint density at radius 2 is 2.20 bits per heavy atom. The minimum atomic E-state index is -3.18. The molecular weight excluding hydrogens is 218 g/mol. The molecule has 0 radical (unpaired) electrons. The van der Waals surface area contributed by atoms with E-state index in [9.17, 15) is 8.42 Å². The molecule has 0 fully saturated rings. The number of anilines is 1. The molecule has 1 aromatic rings. The average molecular weight is 233 g/mol. The van der Waals surface area contributed by atoms with Gasteiger partial charge in [0.15, 0.2) is 15.7 Å². The van der Waals surface area contributed by atoms with Crippen LogP contribution in [0.15, 0.2) is 4.52 Å². The van der Waals surface area contributed by atoms with Crippen LogP contribution in [0, 0.1) is 0 Å². The Balaban J connectivity index is 2.76. The smallest absolute Gasteiger partial charge is 0.321 e. The van der Waals surface area contributed by atoms with Crippen molar-refractivity contribution >= 4 is 15.9 Å². The predicted molar refractivity (Wildman–Crippen MR) is 56.3 cm³/mol. The molecule has 15 heavy (non-hydrogen) atoms. The Morgan fingerprint density at radius 1 is 1.53 bits per heavy atom. The zero-order valence-electron chi connectivity index (χ0n) is 9.02. The van der Waals surface area contributed by atoms with Crippen LogP contribution in [0.3, 0.4) is 0 Å². The van der Waals surface area contributed by atoms with Gasteiger partial charge < -0.3 is 9.84 Å². The van der Waals surface area contributed by atoms with Crippen molar-refractivity contribution in [3.8, 4) is 0 Å². The summed E-state index contributed by atoms with van der Waals surface area (Å²) in [6.07, 6.45) is 2.08. The van der Waals surface area contributed by atoms with E-state index in [4.69, 9.17) is 4.52 Å². The summed E-state index contributed by atoms with van der Waals surface area (Å²) in [6.45, 7) is 4.25. The van der Waals surface area contributed by atoms with Crippen LogP contribution in [0.25, 0.3) is 0 Å². The van der Waals surface area contributed by atoms with Crippen molar-refractivity contribution in [3.05, 3.63) is 5.82 Å². The topological polar surface area (TPSA) is 85.1 Å². The second-order valence-corrected chi connectivity index (χ2v) is 5.72. The molecule has 0 aromatic carbocycles. The molecule has 1 heterocycles. The maximum atomic E-state index is 11.2. The molecule has 0 amide bonds. The zero-order valence-corrected chi connectivity index (χ0v) is 9.84. The van der Waals surface area contributed by atoms with E-state index in [2.05, 4.69) is 15.5 Å². The number of hydrogen-bond donors (Lipinski definition) is 1. The summed E-state index contributed by atoms with van der Waals surface area (Å²) in [5.41, 5.74) is 0. The van der Waals surface area contributed by atoms with E-state index >= 15 is 0 Å². The summed E-state index contributed by atoms with van der Waals surface area (Å²) in [4.78, 5) is 3.95. The van der Waals surface area contributed by atoms with Gasteiger partial charge in [-0.2, -0.15) is 4.98 Å². The third kappa shape index (κ3) is 3.19. The Labute approximate surface area is 89.0 Å². The lowest BCUT2D eigenvalue weighted by Gasteiger charge is -2.01.